The van der Waals surface area contributed by atoms with Gasteiger partial charge in [-0.25, -0.2) is 4.98 Å². The maximum absolute atomic E-state index is 13.1. The molecule has 0 saturated heterocycles. The number of rotatable bonds is 10. The highest BCUT2D eigenvalue weighted by molar-refractivity contribution is 7.99. The van der Waals surface area contributed by atoms with Gasteiger partial charge in [0.15, 0.2) is 5.16 Å². The van der Waals surface area contributed by atoms with Gasteiger partial charge in [-0.05, 0) is 43.3 Å². The van der Waals surface area contributed by atoms with E-state index in [-0.39, 0.29) is 11.5 Å². The van der Waals surface area contributed by atoms with Crippen molar-refractivity contribution in [3.05, 3.63) is 57.0 Å². The Morgan fingerprint density at radius 2 is 2.03 bits per heavy atom. The monoisotopic (exact) mass is 429 g/mol. The summed E-state index contributed by atoms with van der Waals surface area (Å²) in [5, 5.41) is 3.28. The minimum absolute atomic E-state index is 0.0413. The van der Waals surface area contributed by atoms with Crippen LogP contribution in [0.25, 0.3) is 10.9 Å². The number of thioether (sulfide) groups is 1. The van der Waals surface area contributed by atoms with Crippen LogP contribution in [-0.4, -0.2) is 39.2 Å². The molecule has 154 valence electrons. The second-order valence-electron chi connectivity index (χ2n) is 6.81. The van der Waals surface area contributed by atoms with Gasteiger partial charge in [0, 0.05) is 24.5 Å². The smallest absolute Gasteiger partial charge is 0.262 e. The van der Waals surface area contributed by atoms with Crippen LogP contribution >= 0.6 is 23.1 Å². The average Bonchev–Trinajstić information content (AvgIpc) is 3.26. The fourth-order valence-corrected chi connectivity index (χ4v) is 4.78. The van der Waals surface area contributed by atoms with E-state index in [2.05, 4.69) is 13.0 Å². The molecule has 1 aromatic carbocycles. The molecule has 29 heavy (non-hydrogen) atoms. The second kappa shape index (κ2) is 10.6. The van der Waals surface area contributed by atoms with E-state index in [1.807, 2.05) is 47.5 Å². The van der Waals surface area contributed by atoms with Crippen molar-refractivity contribution in [3.63, 3.8) is 0 Å². The van der Waals surface area contributed by atoms with E-state index < -0.39 is 0 Å². The van der Waals surface area contributed by atoms with Crippen molar-refractivity contribution in [2.45, 2.75) is 44.8 Å². The van der Waals surface area contributed by atoms with E-state index in [1.165, 1.54) is 16.6 Å². The number of hydrogen-bond donors (Lipinski definition) is 0. The molecule has 0 bridgehead atoms. The molecule has 2 heterocycles. The average molecular weight is 430 g/mol. The van der Waals surface area contributed by atoms with E-state index in [9.17, 15) is 9.59 Å². The Morgan fingerprint density at radius 3 is 2.76 bits per heavy atom. The lowest BCUT2D eigenvalue weighted by atomic mass is 10.2. The summed E-state index contributed by atoms with van der Waals surface area (Å²) in [6.45, 7) is 6.17. The highest BCUT2D eigenvalue weighted by Gasteiger charge is 2.16. The molecule has 2 aromatic heterocycles. The number of amides is 1. The van der Waals surface area contributed by atoms with Crippen molar-refractivity contribution in [1.82, 2.24) is 14.5 Å². The molecule has 3 aromatic rings. The van der Waals surface area contributed by atoms with Crippen LogP contribution in [0.5, 0.6) is 0 Å². The lowest BCUT2D eigenvalue weighted by Gasteiger charge is -2.20. The molecular formula is C22H27N3O2S2. The van der Waals surface area contributed by atoms with Crippen LogP contribution in [-0.2, 0) is 17.8 Å². The largest absolute Gasteiger partial charge is 0.342 e. The predicted molar refractivity (Wildman–Crippen MR) is 122 cm³/mol. The zero-order valence-electron chi connectivity index (χ0n) is 17.0. The summed E-state index contributed by atoms with van der Waals surface area (Å²) in [5.41, 5.74) is 0.638. The number of aromatic nitrogens is 2. The first-order valence-electron chi connectivity index (χ1n) is 10.1. The van der Waals surface area contributed by atoms with E-state index in [0.717, 1.165) is 25.8 Å². The summed E-state index contributed by atoms with van der Waals surface area (Å²) in [6, 6.07) is 11.5. The van der Waals surface area contributed by atoms with Crippen molar-refractivity contribution in [2.75, 3.05) is 18.8 Å². The highest BCUT2D eigenvalue weighted by Crippen LogP contribution is 2.20. The molecule has 0 aliphatic rings. The fraction of sp³-hybridized carbons (Fsp3) is 0.409. The van der Waals surface area contributed by atoms with Crippen LogP contribution in [0.1, 0.15) is 31.6 Å². The first-order valence-corrected chi connectivity index (χ1v) is 11.9. The number of benzene rings is 1. The Morgan fingerprint density at radius 1 is 1.21 bits per heavy atom. The summed E-state index contributed by atoms with van der Waals surface area (Å²) in [6.07, 6.45) is 2.84. The number of nitrogens with zero attached hydrogens (tertiary/aromatic N) is 3. The van der Waals surface area contributed by atoms with Gasteiger partial charge in [0.1, 0.15) is 0 Å². The third-order valence-electron chi connectivity index (χ3n) is 4.83. The number of fused-ring (bicyclic) bond motifs is 1. The van der Waals surface area contributed by atoms with E-state index in [4.69, 9.17) is 4.98 Å². The number of carbonyl (C=O) groups is 1. The van der Waals surface area contributed by atoms with Crippen molar-refractivity contribution in [1.29, 1.82) is 0 Å². The second-order valence-corrected chi connectivity index (χ2v) is 8.79. The zero-order chi connectivity index (χ0) is 20.6. The molecule has 0 aliphatic heterocycles. The zero-order valence-corrected chi connectivity index (χ0v) is 18.6. The summed E-state index contributed by atoms with van der Waals surface area (Å²) in [7, 11) is 0. The first-order chi connectivity index (χ1) is 14.1. The van der Waals surface area contributed by atoms with Gasteiger partial charge in [0.25, 0.3) is 5.56 Å². The van der Waals surface area contributed by atoms with Gasteiger partial charge < -0.3 is 4.90 Å². The van der Waals surface area contributed by atoms with Crippen LogP contribution in [0, 0.1) is 0 Å². The quantitative estimate of drug-likeness (QED) is 0.353. The third-order valence-corrected chi connectivity index (χ3v) is 6.73. The number of para-hydroxylation sites is 1. The Balaban J connectivity index is 1.83. The lowest BCUT2D eigenvalue weighted by Crippen LogP contribution is -2.33. The fourth-order valence-electron chi connectivity index (χ4n) is 3.16. The minimum Gasteiger partial charge on any atom is -0.342 e. The van der Waals surface area contributed by atoms with Gasteiger partial charge in [-0.1, -0.05) is 43.3 Å². The van der Waals surface area contributed by atoms with Crippen LogP contribution in [0.2, 0.25) is 0 Å². The Labute approximate surface area is 179 Å². The molecule has 0 radical (unpaired) electrons. The van der Waals surface area contributed by atoms with Gasteiger partial charge >= 0.3 is 0 Å². The van der Waals surface area contributed by atoms with E-state index >= 15 is 0 Å². The van der Waals surface area contributed by atoms with Crippen molar-refractivity contribution >= 4 is 39.9 Å². The number of carbonyl (C=O) groups excluding carboxylic acids is 1. The molecule has 0 fully saturated rings. The Hall–Kier alpha value is -2.12. The molecule has 7 heteroatoms. The molecule has 0 N–H and O–H groups in total. The molecule has 1 amide bonds. The van der Waals surface area contributed by atoms with Crippen LogP contribution in [0.4, 0.5) is 0 Å². The van der Waals surface area contributed by atoms with Crippen molar-refractivity contribution < 1.29 is 4.79 Å². The summed E-state index contributed by atoms with van der Waals surface area (Å²) < 4.78 is 1.72. The van der Waals surface area contributed by atoms with Gasteiger partial charge in [-0.2, -0.15) is 0 Å². The van der Waals surface area contributed by atoms with Crippen molar-refractivity contribution in [2.24, 2.45) is 0 Å². The van der Waals surface area contributed by atoms with Crippen molar-refractivity contribution in [3.8, 4) is 0 Å². The number of unbranched alkanes of at least 4 members (excludes halogenated alkanes) is 1. The first kappa shape index (κ1) is 21.6. The number of aryl methyl sites for hydroxylation is 1. The highest BCUT2D eigenvalue weighted by atomic mass is 32.2. The van der Waals surface area contributed by atoms with E-state index in [1.54, 1.807) is 15.9 Å². The van der Waals surface area contributed by atoms with Gasteiger partial charge in [-0.15, -0.1) is 11.3 Å². The van der Waals surface area contributed by atoms with Gasteiger partial charge in [0.2, 0.25) is 5.91 Å². The minimum atomic E-state index is -0.0413. The van der Waals surface area contributed by atoms with Gasteiger partial charge in [-0.3, -0.25) is 14.2 Å². The molecule has 0 unspecified atom stereocenters. The third kappa shape index (κ3) is 5.48. The standard InChI is InChI=1S/C22H27N3O2S2/c1-3-5-13-24(4-2)20(26)16-29-22-23-19-11-7-6-10-18(19)21(27)25(22)14-12-17-9-8-15-28-17/h6-11,15H,3-5,12-14,16H2,1-2H3. The van der Waals surface area contributed by atoms with E-state index in [0.29, 0.717) is 34.9 Å². The molecule has 3 rings (SSSR count). The SMILES string of the molecule is CCCCN(CC)C(=O)CSc1nc2ccccc2c(=O)n1CCc1cccs1. The molecule has 0 saturated carbocycles. The molecular weight excluding hydrogens is 402 g/mol. The van der Waals surface area contributed by atoms with Crippen LogP contribution < -0.4 is 5.56 Å². The molecule has 0 atom stereocenters. The molecule has 0 aliphatic carbocycles. The Bertz CT molecular complexity index is 999. The summed E-state index contributed by atoms with van der Waals surface area (Å²) in [5.74, 6) is 0.389. The topological polar surface area (TPSA) is 55.2 Å². The van der Waals surface area contributed by atoms with Crippen LogP contribution in [0.3, 0.4) is 0 Å². The van der Waals surface area contributed by atoms with Crippen LogP contribution in [0.15, 0.2) is 51.7 Å². The maximum Gasteiger partial charge on any atom is 0.262 e. The lowest BCUT2D eigenvalue weighted by molar-refractivity contribution is -0.128. The normalized spacial score (nSPS) is 11.1. The number of thiophene rings is 1. The predicted octanol–water partition coefficient (Wildman–Crippen LogP) is 4.44. The summed E-state index contributed by atoms with van der Waals surface area (Å²) in [4.78, 5) is 33.6. The molecule has 0 spiro atoms. The van der Waals surface area contributed by atoms with Gasteiger partial charge in [0.05, 0.1) is 16.7 Å². The Kier molecular flexibility index (Phi) is 7.89. The summed E-state index contributed by atoms with van der Waals surface area (Å²) >= 11 is 3.05. The maximum atomic E-state index is 13.1. The number of hydrogen-bond acceptors (Lipinski definition) is 5. The molecule has 5 nitrogen and oxygen atoms in total.